The summed E-state index contributed by atoms with van der Waals surface area (Å²) in [6, 6.07) is 38.0. The molecular formula is C37H50O. The Balaban J connectivity index is 0.000000255. The van der Waals surface area contributed by atoms with Crippen LogP contribution in [0.2, 0.25) is 0 Å². The van der Waals surface area contributed by atoms with Gasteiger partial charge in [0, 0.05) is 0 Å². The highest BCUT2D eigenvalue weighted by atomic mass is 16.5. The van der Waals surface area contributed by atoms with Crippen LogP contribution in [0.1, 0.15) is 81.7 Å². The monoisotopic (exact) mass is 510 g/mol. The largest absolute Gasteiger partial charge is 0.497 e. The molecule has 0 aliphatic rings. The molecular weight excluding hydrogens is 460 g/mol. The molecule has 0 saturated carbocycles. The van der Waals surface area contributed by atoms with Gasteiger partial charge in [0.2, 0.25) is 0 Å². The van der Waals surface area contributed by atoms with E-state index in [1.165, 1.54) is 40.7 Å². The molecule has 0 aliphatic heterocycles. The summed E-state index contributed by atoms with van der Waals surface area (Å²) < 4.78 is 5.06. The summed E-state index contributed by atoms with van der Waals surface area (Å²) in [7, 11) is 1.69. The maximum atomic E-state index is 5.06. The van der Waals surface area contributed by atoms with E-state index in [1.807, 2.05) is 18.2 Å². The summed E-state index contributed by atoms with van der Waals surface area (Å²) in [5, 5.41) is 0. The number of rotatable bonds is 7. The molecule has 38 heavy (non-hydrogen) atoms. The molecule has 0 spiro atoms. The normalized spacial score (nSPS) is 9.68. The number of hydrogen-bond acceptors (Lipinski definition) is 1. The Morgan fingerprint density at radius 2 is 1.00 bits per heavy atom. The van der Waals surface area contributed by atoms with E-state index in [2.05, 4.69) is 133 Å². The molecule has 0 aliphatic carbocycles. The lowest BCUT2D eigenvalue weighted by molar-refractivity contribution is 0.414. The zero-order valence-electron chi connectivity index (χ0n) is 24.9. The topological polar surface area (TPSA) is 9.23 Å². The second kappa shape index (κ2) is 20.7. The Labute approximate surface area is 233 Å². The highest BCUT2D eigenvalue weighted by Crippen LogP contribution is 2.14. The van der Waals surface area contributed by atoms with Gasteiger partial charge in [-0.1, -0.05) is 145 Å². The molecule has 204 valence electrons. The van der Waals surface area contributed by atoms with E-state index in [9.17, 15) is 0 Å². The second-order valence-electron chi connectivity index (χ2n) is 9.53. The SMILES string of the molecule is CCCc1ccccc1.CCc1ccc(C(C)C)cc1.CCc1cccc(OC)c1.CCc1ccccc1. The number of benzene rings is 4. The molecule has 0 atom stereocenters. The fourth-order valence-electron chi connectivity index (χ4n) is 3.68. The fourth-order valence-corrected chi connectivity index (χ4v) is 3.68. The van der Waals surface area contributed by atoms with Crippen LogP contribution in [-0.4, -0.2) is 7.11 Å². The van der Waals surface area contributed by atoms with Crippen molar-refractivity contribution in [2.24, 2.45) is 0 Å². The number of hydrogen-bond donors (Lipinski definition) is 0. The van der Waals surface area contributed by atoms with Crippen LogP contribution in [0.25, 0.3) is 0 Å². The van der Waals surface area contributed by atoms with E-state index in [-0.39, 0.29) is 0 Å². The zero-order valence-corrected chi connectivity index (χ0v) is 24.9. The van der Waals surface area contributed by atoms with Gasteiger partial charge in [-0.05, 0) is 71.6 Å². The molecule has 0 fully saturated rings. The summed E-state index contributed by atoms with van der Waals surface area (Å²) >= 11 is 0. The molecule has 4 aromatic rings. The van der Waals surface area contributed by atoms with Crippen molar-refractivity contribution < 1.29 is 4.74 Å². The van der Waals surface area contributed by atoms with Gasteiger partial charge in [-0.25, -0.2) is 0 Å². The van der Waals surface area contributed by atoms with E-state index in [0.717, 1.165) is 25.0 Å². The van der Waals surface area contributed by atoms with Crippen LogP contribution in [0, 0.1) is 0 Å². The van der Waals surface area contributed by atoms with Gasteiger partial charge in [0.05, 0.1) is 7.11 Å². The Bertz CT molecular complexity index is 1050. The van der Waals surface area contributed by atoms with E-state index in [1.54, 1.807) is 7.11 Å². The minimum absolute atomic E-state index is 0.654. The molecule has 1 heteroatoms. The number of ether oxygens (including phenoxy) is 1. The van der Waals surface area contributed by atoms with Gasteiger partial charge in [-0.2, -0.15) is 0 Å². The lowest BCUT2D eigenvalue weighted by atomic mass is 10.0. The van der Waals surface area contributed by atoms with Crippen molar-refractivity contribution >= 4 is 0 Å². The van der Waals surface area contributed by atoms with Crippen LogP contribution in [0.4, 0.5) is 0 Å². The van der Waals surface area contributed by atoms with E-state index >= 15 is 0 Å². The van der Waals surface area contributed by atoms with Gasteiger partial charge in [0.15, 0.2) is 0 Å². The summed E-state index contributed by atoms with van der Waals surface area (Å²) in [4.78, 5) is 0. The smallest absolute Gasteiger partial charge is 0.119 e. The minimum atomic E-state index is 0.654. The van der Waals surface area contributed by atoms with Crippen molar-refractivity contribution in [3.05, 3.63) is 137 Å². The van der Waals surface area contributed by atoms with Gasteiger partial charge < -0.3 is 4.74 Å². The number of aryl methyl sites for hydroxylation is 4. The Hall–Kier alpha value is -3.32. The van der Waals surface area contributed by atoms with Crippen molar-refractivity contribution in [3.63, 3.8) is 0 Å². The first-order valence-electron chi connectivity index (χ1n) is 14.3. The van der Waals surface area contributed by atoms with Crippen LogP contribution in [0.5, 0.6) is 5.75 Å². The predicted molar refractivity (Wildman–Crippen MR) is 169 cm³/mol. The molecule has 0 amide bonds. The summed E-state index contributed by atoms with van der Waals surface area (Å²) in [5.74, 6) is 1.60. The maximum absolute atomic E-state index is 5.06. The molecule has 0 saturated heterocycles. The van der Waals surface area contributed by atoms with E-state index in [4.69, 9.17) is 4.74 Å². The fraction of sp³-hybridized carbons (Fsp3) is 0.351. The highest BCUT2D eigenvalue weighted by Gasteiger charge is 1.96. The van der Waals surface area contributed by atoms with Crippen molar-refractivity contribution in [2.75, 3.05) is 7.11 Å². The Morgan fingerprint density at radius 1 is 0.526 bits per heavy atom. The molecule has 4 rings (SSSR count). The van der Waals surface area contributed by atoms with Crippen LogP contribution in [0.15, 0.2) is 109 Å². The quantitative estimate of drug-likeness (QED) is 0.240. The van der Waals surface area contributed by atoms with Gasteiger partial charge in [0.1, 0.15) is 5.75 Å². The molecule has 1 nitrogen and oxygen atoms in total. The lowest BCUT2D eigenvalue weighted by Gasteiger charge is -2.04. The first kappa shape index (κ1) is 32.7. The molecule has 4 aromatic carbocycles. The van der Waals surface area contributed by atoms with Crippen molar-refractivity contribution in [2.45, 2.75) is 79.6 Å². The van der Waals surface area contributed by atoms with Crippen molar-refractivity contribution in [1.29, 1.82) is 0 Å². The van der Waals surface area contributed by atoms with Gasteiger partial charge >= 0.3 is 0 Å². The average molecular weight is 511 g/mol. The summed E-state index contributed by atoms with van der Waals surface area (Å²) in [6.45, 7) is 13.1. The third kappa shape index (κ3) is 14.4. The molecule has 0 N–H and O–H groups in total. The third-order valence-electron chi connectivity index (χ3n) is 6.23. The van der Waals surface area contributed by atoms with Crippen LogP contribution in [-0.2, 0) is 25.7 Å². The van der Waals surface area contributed by atoms with Gasteiger partial charge in [-0.3, -0.25) is 0 Å². The van der Waals surface area contributed by atoms with Crippen molar-refractivity contribution in [1.82, 2.24) is 0 Å². The van der Waals surface area contributed by atoms with E-state index < -0.39 is 0 Å². The zero-order chi connectivity index (χ0) is 28.0. The summed E-state index contributed by atoms with van der Waals surface area (Å²) in [5.41, 5.74) is 7.03. The first-order chi connectivity index (χ1) is 18.5. The van der Waals surface area contributed by atoms with Crippen LogP contribution in [0.3, 0.4) is 0 Å². The molecule has 0 bridgehead atoms. The predicted octanol–water partition coefficient (Wildman–Crippen LogP) is 10.5. The first-order valence-corrected chi connectivity index (χ1v) is 14.3. The minimum Gasteiger partial charge on any atom is -0.497 e. The molecule has 0 unspecified atom stereocenters. The average Bonchev–Trinajstić information content (AvgIpc) is 2.99. The van der Waals surface area contributed by atoms with Gasteiger partial charge in [0.25, 0.3) is 0 Å². The highest BCUT2D eigenvalue weighted by molar-refractivity contribution is 5.28. The van der Waals surface area contributed by atoms with Gasteiger partial charge in [-0.15, -0.1) is 0 Å². The molecule has 0 heterocycles. The molecule has 0 radical (unpaired) electrons. The standard InChI is InChI=1S/C11H16.C9H12O.C9H12.C8H10/c1-4-10-5-7-11(8-6-10)9(2)3;1-3-8-5-4-6-9(7-8)10-2;1-2-6-9-7-4-3-5-8-9;1-2-8-6-4-3-5-7-8/h5-9H,4H2,1-3H3;4-7H,3H2,1-2H3;3-5,7-8H,2,6H2,1H3;3-7H,2H2,1H3. The summed E-state index contributed by atoms with van der Waals surface area (Å²) in [6.07, 6.45) is 5.79. The van der Waals surface area contributed by atoms with Crippen LogP contribution >= 0.6 is 0 Å². The van der Waals surface area contributed by atoms with E-state index in [0.29, 0.717) is 5.92 Å². The molecule has 0 aromatic heterocycles. The van der Waals surface area contributed by atoms with Crippen LogP contribution < -0.4 is 4.74 Å². The Kier molecular flexibility index (Phi) is 17.8. The Morgan fingerprint density at radius 3 is 1.42 bits per heavy atom. The maximum Gasteiger partial charge on any atom is 0.119 e. The second-order valence-corrected chi connectivity index (χ2v) is 9.53. The number of methoxy groups -OCH3 is 1. The third-order valence-corrected chi connectivity index (χ3v) is 6.23. The van der Waals surface area contributed by atoms with Crippen molar-refractivity contribution in [3.8, 4) is 5.75 Å². The lowest BCUT2D eigenvalue weighted by Crippen LogP contribution is -1.87.